The Labute approximate surface area is 105 Å². The number of aromatic nitrogens is 2. The molecular formula is C9H12F3N3S2. The number of halogens is 3. The highest BCUT2D eigenvalue weighted by molar-refractivity contribution is 8.00. The first-order chi connectivity index (χ1) is 7.89. The van der Waals surface area contributed by atoms with Crippen molar-refractivity contribution in [3.63, 3.8) is 0 Å². The number of rotatable bonds is 3. The second-order valence-corrected chi connectivity index (χ2v) is 6.61. The summed E-state index contributed by atoms with van der Waals surface area (Å²) in [7, 11) is 0. The fourth-order valence-electron chi connectivity index (χ4n) is 1.65. The van der Waals surface area contributed by atoms with Crippen molar-refractivity contribution in [1.29, 1.82) is 0 Å². The molecule has 0 bridgehead atoms. The number of alkyl halides is 3. The third-order valence-corrected chi connectivity index (χ3v) is 4.80. The highest BCUT2D eigenvalue weighted by Crippen LogP contribution is 2.38. The monoisotopic (exact) mass is 283 g/mol. The van der Waals surface area contributed by atoms with Crippen LogP contribution in [-0.2, 0) is 6.18 Å². The van der Waals surface area contributed by atoms with Crippen LogP contribution in [0.3, 0.4) is 0 Å². The van der Waals surface area contributed by atoms with E-state index in [1.165, 1.54) is 0 Å². The zero-order valence-electron chi connectivity index (χ0n) is 9.17. The summed E-state index contributed by atoms with van der Waals surface area (Å²) in [6.45, 7) is 2.74. The number of hydrogen-bond acceptors (Lipinski definition) is 5. The molecule has 1 saturated heterocycles. The van der Waals surface area contributed by atoms with Crippen LogP contribution in [0.5, 0.6) is 0 Å². The lowest BCUT2D eigenvalue weighted by Crippen LogP contribution is -2.27. The van der Waals surface area contributed by atoms with Crippen LogP contribution in [0, 0.1) is 0 Å². The molecule has 96 valence electrons. The predicted molar refractivity (Wildman–Crippen MR) is 63.5 cm³/mol. The van der Waals surface area contributed by atoms with Gasteiger partial charge >= 0.3 is 6.18 Å². The van der Waals surface area contributed by atoms with E-state index in [4.69, 9.17) is 0 Å². The summed E-state index contributed by atoms with van der Waals surface area (Å²) in [6.07, 6.45) is -2.22. The molecule has 1 aromatic rings. The number of hydrogen-bond donors (Lipinski definition) is 1. The highest BCUT2D eigenvalue weighted by atomic mass is 32.2. The van der Waals surface area contributed by atoms with Crippen LogP contribution in [0.25, 0.3) is 0 Å². The fourth-order valence-corrected chi connectivity index (χ4v) is 3.47. The summed E-state index contributed by atoms with van der Waals surface area (Å²) in [4.78, 5) is 3.44. The summed E-state index contributed by atoms with van der Waals surface area (Å²) in [5.74, 6) is 0.0523. The maximum atomic E-state index is 12.3. The van der Waals surface area contributed by atoms with E-state index in [2.05, 4.69) is 21.6 Å². The molecule has 1 N–H and O–H groups in total. The molecule has 8 heteroatoms. The van der Waals surface area contributed by atoms with E-state index in [-0.39, 0.29) is 9.88 Å². The maximum Gasteiger partial charge on any atom is 0.452 e. The minimum Gasteiger partial charge on any atom is -0.359 e. The van der Waals surface area contributed by atoms with E-state index in [0.717, 1.165) is 30.1 Å². The average Bonchev–Trinajstić information content (AvgIpc) is 2.83. The summed E-state index contributed by atoms with van der Waals surface area (Å²) in [5, 5.41) is 3.19. The first kappa shape index (κ1) is 12.9. The van der Waals surface area contributed by atoms with Gasteiger partial charge in [0.2, 0.25) is 11.0 Å². The molecule has 2 rings (SSSR count). The molecule has 3 nitrogen and oxygen atoms in total. The molecule has 2 heterocycles. The van der Waals surface area contributed by atoms with Crippen LogP contribution in [0.15, 0.2) is 0 Å². The fraction of sp³-hybridized carbons (Fsp3) is 0.778. The van der Waals surface area contributed by atoms with Crippen LogP contribution in [0.4, 0.5) is 18.3 Å². The molecule has 17 heavy (non-hydrogen) atoms. The van der Waals surface area contributed by atoms with Gasteiger partial charge in [-0.25, -0.2) is 0 Å². The summed E-state index contributed by atoms with van der Waals surface area (Å²) >= 11 is 2.61. The Balaban J connectivity index is 1.93. The van der Waals surface area contributed by atoms with Crippen molar-refractivity contribution in [3.05, 3.63) is 5.82 Å². The quantitative estimate of drug-likeness (QED) is 0.924. The summed E-state index contributed by atoms with van der Waals surface area (Å²) in [6, 6.07) is 0. The minimum absolute atomic E-state index is 0.101. The zero-order chi connectivity index (χ0) is 12.5. The van der Waals surface area contributed by atoms with Gasteiger partial charge in [-0.05, 0) is 25.5 Å². The van der Waals surface area contributed by atoms with Crippen molar-refractivity contribution in [3.8, 4) is 0 Å². The lowest BCUT2D eigenvalue weighted by atomic mass is 10.1. The summed E-state index contributed by atoms with van der Waals surface area (Å²) < 4.78 is 40.2. The zero-order valence-corrected chi connectivity index (χ0v) is 10.8. The van der Waals surface area contributed by atoms with Gasteiger partial charge in [-0.1, -0.05) is 0 Å². The van der Waals surface area contributed by atoms with Crippen molar-refractivity contribution in [1.82, 2.24) is 9.36 Å². The number of nitrogens with one attached hydrogen (secondary N) is 1. The van der Waals surface area contributed by atoms with Gasteiger partial charge in [-0.15, -0.1) is 0 Å². The Kier molecular flexibility index (Phi) is 3.53. The smallest absolute Gasteiger partial charge is 0.359 e. The lowest BCUT2D eigenvalue weighted by molar-refractivity contribution is -0.144. The number of anilines is 1. The van der Waals surface area contributed by atoms with Gasteiger partial charge in [-0.3, -0.25) is 0 Å². The molecule has 0 amide bonds. The van der Waals surface area contributed by atoms with Crippen molar-refractivity contribution in [2.45, 2.75) is 30.7 Å². The molecule has 1 aliphatic heterocycles. The Hall–Kier alpha value is -0.500. The summed E-state index contributed by atoms with van der Waals surface area (Å²) in [5.41, 5.74) is 0. The Morgan fingerprint density at radius 2 is 2.24 bits per heavy atom. The van der Waals surface area contributed by atoms with E-state index in [0.29, 0.717) is 6.54 Å². The van der Waals surface area contributed by atoms with Crippen LogP contribution in [0.2, 0.25) is 0 Å². The van der Waals surface area contributed by atoms with E-state index in [9.17, 15) is 13.2 Å². The molecule has 0 saturated carbocycles. The SMILES string of the molecule is CC1(CNc2nc(C(F)(F)F)ns2)CCCS1. The van der Waals surface area contributed by atoms with Gasteiger partial charge < -0.3 is 5.32 Å². The van der Waals surface area contributed by atoms with Crippen molar-refractivity contribution >= 4 is 28.4 Å². The average molecular weight is 283 g/mol. The standard InChI is InChI=1S/C9H12F3N3S2/c1-8(3-2-4-16-8)5-13-7-14-6(15-17-7)9(10,11)12/h2-5H2,1H3,(H,13,14,15). The highest BCUT2D eigenvalue weighted by Gasteiger charge is 2.36. The van der Waals surface area contributed by atoms with Crippen LogP contribution >= 0.6 is 23.3 Å². The van der Waals surface area contributed by atoms with Gasteiger partial charge in [0.25, 0.3) is 0 Å². The van der Waals surface area contributed by atoms with Gasteiger partial charge in [0.1, 0.15) is 0 Å². The first-order valence-electron chi connectivity index (χ1n) is 5.18. The minimum atomic E-state index is -4.46. The molecule has 1 fully saturated rings. The molecule has 1 unspecified atom stereocenters. The number of nitrogens with zero attached hydrogens (tertiary/aromatic N) is 2. The third kappa shape index (κ3) is 3.25. The van der Waals surface area contributed by atoms with Gasteiger partial charge in [0.15, 0.2) is 0 Å². The predicted octanol–water partition coefficient (Wildman–Crippen LogP) is 3.25. The molecule has 0 aliphatic carbocycles. The van der Waals surface area contributed by atoms with Gasteiger partial charge in [-0.2, -0.15) is 34.3 Å². The van der Waals surface area contributed by atoms with Crippen LogP contribution in [0.1, 0.15) is 25.6 Å². The molecule has 1 aliphatic rings. The normalized spacial score (nSPS) is 25.2. The van der Waals surface area contributed by atoms with Gasteiger partial charge in [0, 0.05) is 22.8 Å². The lowest BCUT2D eigenvalue weighted by Gasteiger charge is -2.22. The second-order valence-electron chi connectivity index (χ2n) is 4.18. The first-order valence-corrected chi connectivity index (χ1v) is 6.94. The number of thioether (sulfide) groups is 1. The molecule has 1 aromatic heterocycles. The van der Waals surface area contributed by atoms with E-state index in [1.807, 2.05) is 11.8 Å². The molecular weight excluding hydrogens is 271 g/mol. The Morgan fingerprint density at radius 1 is 1.47 bits per heavy atom. The van der Waals surface area contributed by atoms with E-state index >= 15 is 0 Å². The molecule has 1 atom stereocenters. The second kappa shape index (κ2) is 4.64. The van der Waals surface area contributed by atoms with Crippen molar-refractivity contribution < 1.29 is 13.2 Å². The maximum absolute atomic E-state index is 12.3. The Bertz CT molecular complexity index is 385. The topological polar surface area (TPSA) is 37.8 Å². The van der Waals surface area contributed by atoms with Crippen molar-refractivity contribution in [2.75, 3.05) is 17.6 Å². The third-order valence-electron chi connectivity index (χ3n) is 2.59. The molecule has 0 aromatic carbocycles. The molecule has 0 spiro atoms. The largest absolute Gasteiger partial charge is 0.452 e. The van der Waals surface area contributed by atoms with Gasteiger partial charge in [0.05, 0.1) is 0 Å². The van der Waals surface area contributed by atoms with E-state index < -0.39 is 12.0 Å². The van der Waals surface area contributed by atoms with Crippen LogP contribution < -0.4 is 5.32 Å². The Morgan fingerprint density at radius 3 is 2.76 bits per heavy atom. The van der Waals surface area contributed by atoms with Crippen molar-refractivity contribution in [2.24, 2.45) is 0 Å². The molecule has 0 radical (unpaired) electrons. The van der Waals surface area contributed by atoms with E-state index in [1.54, 1.807) is 0 Å². The van der Waals surface area contributed by atoms with Crippen LogP contribution in [-0.4, -0.2) is 26.4 Å².